The minimum atomic E-state index is -0.200. The zero-order valence-corrected chi connectivity index (χ0v) is 12.4. The van der Waals surface area contributed by atoms with Crippen LogP contribution in [0, 0.1) is 5.82 Å². The van der Waals surface area contributed by atoms with Gasteiger partial charge in [0, 0.05) is 0 Å². The van der Waals surface area contributed by atoms with Crippen molar-refractivity contribution in [3.63, 3.8) is 0 Å². The van der Waals surface area contributed by atoms with E-state index in [9.17, 15) is 4.39 Å². The molecule has 0 radical (unpaired) electrons. The van der Waals surface area contributed by atoms with Gasteiger partial charge in [-0.1, -0.05) is 66.7 Å². The number of fused-ring (bicyclic) bond motifs is 3. The van der Waals surface area contributed by atoms with Gasteiger partial charge in [0.2, 0.25) is 0 Å². The predicted octanol–water partition coefficient (Wildman–Crippen LogP) is 6.29. The molecule has 0 bridgehead atoms. The van der Waals surface area contributed by atoms with Crippen molar-refractivity contribution in [2.24, 2.45) is 0 Å². The predicted molar refractivity (Wildman–Crippen MR) is 93.8 cm³/mol. The average molecular weight is 296 g/mol. The van der Waals surface area contributed by atoms with Crippen LogP contribution in [-0.2, 0) is 0 Å². The van der Waals surface area contributed by atoms with Gasteiger partial charge in [0.25, 0.3) is 0 Å². The Morgan fingerprint density at radius 2 is 1.17 bits per heavy atom. The Hall–Kier alpha value is -2.93. The summed E-state index contributed by atoms with van der Waals surface area (Å²) in [5.74, 6) is -0.200. The van der Waals surface area contributed by atoms with E-state index in [2.05, 4.69) is 54.6 Å². The lowest BCUT2D eigenvalue weighted by Crippen LogP contribution is -1.84. The van der Waals surface area contributed by atoms with E-state index < -0.39 is 0 Å². The Morgan fingerprint density at radius 1 is 0.522 bits per heavy atom. The molecule has 0 spiro atoms. The summed E-state index contributed by atoms with van der Waals surface area (Å²) >= 11 is 0. The molecule has 4 aromatic carbocycles. The summed E-state index contributed by atoms with van der Waals surface area (Å²) in [5.41, 5.74) is 7.11. The molecule has 1 heteroatoms. The van der Waals surface area contributed by atoms with Crippen molar-refractivity contribution >= 4 is 10.8 Å². The molecule has 0 unspecified atom stereocenters. The van der Waals surface area contributed by atoms with E-state index >= 15 is 0 Å². The van der Waals surface area contributed by atoms with Gasteiger partial charge in [-0.2, -0.15) is 0 Å². The first kappa shape index (κ1) is 12.6. The molecule has 0 aromatic heterocycles. The van der Waals surface area contributed by atoms with Gasteiger partial charge in [-0.15, -0.1) is 0 Å². The van der Waals surface area contributed by atoms with Crippen molar-refractivity contribution in [1.82, 2.24) is 0 Å². The molecular weight excluding hydrogens is 283 g/mol. The third-order valence-corrected chi connectivity index (χ3v) is 4.68. The van der Waals surface area contributed by atoms with Gasteiger partial charge < -0.3 is 0 Å². The number of halogens is 1. The van der Waals surface area contributed by atoms with Crippen molar-refractivity contribution in [1.29, 1.82) is 0 Å². The van der Waals surface area contributed by atoms with Crippen LogP contribution < -0.4 is 0 Å². The van der Waals surface area contributed by atoms with Crippen LogP contribution >= 0.6 is 0 Å². The van der Waals surface area contributed by atoms with Crippen LogP contribution in [0.1, 0.15) is 0 Å². The van der Waals surface area contributed by atoms with Gasteiger partial charge in [0.05, 0.1) is 0 Å². The summed E-state index contributed by atoms with van der Waals surface area (Å²) < 4.78 is 13.6. The fourth-order valence-corrected chi connectivity index (χ4v) is 3.72. The van der Waals surface area contributed by atoms with Crippen LogP contribution in [0.5, 0.6) is 0 Å². The maximum Gasteiger partial charge on any atom is 0.123 e. The normalized spacial score (nSPS) is 11.7. The van der Waals surface area contributed by atoms with Crippen LogP contribution in [-0.4, -0.2) is 0 Å². The lowest BCUT2D eigenvalue weighted by Gasteiger charge is -2.09. The SMILES string of the molecule is Fc1cccc(-c2ccc3c4c(cccc24)-c2ccccc2-3)c1. The molecule has 0 heterocycles. The third kappa shape index (κ3) is 1.71. The fourth-order valence-electron chi connectivity index (χ4n) is 3.72. The lowest BCUT2D eigenvalue weighted by molar-refractivity contribution is 0.628. The molecule has 0 saturated heterocycles. The molecule has 0 N–H and O–H groups in total. The molecule has 0 nitrogen and oxygen atoms in total. The Labute approximate surface area is 133 Å². The van der Waals surface area contributed by atoms with Crippen molar-refractivity contribution in [2.45, 2.75) is 0 Å². The molecule has 5 rings (SSSR count). The summed E-state index contributed by atoms with van der Waals surface area (Å²) in [7, 11) is 0. The van der Waals surface area contributed by atoms with E-state index in [-0.39, 0.29) is 5.82 Å². The van der Waals surface area contributed by atoms with Crippen LogP contribution in [0.3, 0.4) is 0 Å². The molecular formula is C22H13F. The maximum atomic E-state index is 13.6. The number of hydrogen-bond acceptors (Lipinski definition) is 0. The van der Waals surface area contributed by atoms with E-state index in [4.69, 9.17) is 0 Å². The summed E-state index contributed by atoms with van der Waals surface area (Å²) in [6.45, 7) is 0. The van der Waals surface area contributed by atoms with Gasteiger partial charge in [-0.25, -0.2) is 4.39 Å². The van der Waals surface area contributed by atoms with Crippen molar-refractivity contribution in [2.75, 3.05) is 0 Å². The Bertz CT molecular complexity index is 1050. The van der Waals surface area contributed by atoms with Gasteiger partial charge in [0.1, 0.15) is 5.82 Å². The van der Waals surface area contributed by atoms with Crippen molar-refractivity contribution in [3.05, 3.63) is 84.7 Å². The van der Waals surface area contributed by atoms with Gasteiger partial charge in [-0.05, 0) is 56.3 Å². The van der Waals surface area contributed by atoms with Crippen molar-refractivity contribution < 1.29 is 4.39 Å². The maximum absolute atomic E-state index is 13.6. The zero-order valence-electron chi connectivity index (χ0n) is 12.4. The highest BCUT2D eigenvalue weighted by atomic mass is 19.1. The highest BCUT2D eigenvalue weighted by molar-refractivity contribution is 6.18. The second-order valence-corrected chi connectivity index (χ2v) is 5.94. The van der Waals surface area contributed by atoms with Crippen LogP contribution in [0.25, 0.3) is 44.2 Å². The Morgan fingerprint density at radius 3 is 1.96 bits per heavy atom. The third-order valence-electron chi connectivity index (χ3n) is 4.68. The largest absolute Gasteiger partial charge is 0.207 e. The molecule has 0 saturated carbocycles. The summed E-state index contributed by atoms with van der Waals surface area (Å²) in [5, 5.41) is 2.46. The summed E-state index contributed by atoms with van der Waals surface area (Å²) in [4.78, 5) is 0. The van der Waals surface area contributed by atoms with Gasteiger partial charge in [0.15, 0.2) is 0 Å². The number of hydrogen-bond donors (Lipinski definition) is 0. The summed E-state index contributed by atoms with van der Waals surface area (Å²) in [6.07, 6.45) is 0. The molecule has 1 aliphatic rings. The molecule has 4 aromatic rings. The second-order valence-electron chi connectivity index (χ2n) is 5.94. The van der Waals surface area contributed by atoms with Crippen molar-refractivity contribution in [3.8, 4) is 33.4 Å². The second kappa shape index (κ2) is 4.53. The van der Waals surface area contributed by atoms with Crippen LogP contribution in [0.4, 0.5) is 4.39 Å². The molecule has 1 aliphatic carbocycles. The van der Waals surface area contributed by atoms with E-state index in [0.717, 1.165) is 11.1 Å². The quantitative estimate of drug-likeness (QED) is 0.341. The minimum absolute atomic E-state index is 0.200. The average Bonchev–Trinajstić information content (AvgIpc) is 2.92. The minimum Gasteiger partial charge on any atom is -0.207 e. The van der Waals surface area contributed by atoms with Crippen LogP contribution in [0.2, 0.25) is 0 Å². The molecule has 0 amide bonds. The van der Waals surface area contributed by atoms with Gasteiger partial charge in [-0.3, -0.25) is 0 Å². The Balaban J connectivity index is 1.89. The van der Waals surface area contributed by atoms with Crippen LogP contribution in [0.15, 0.2) is 78.9 Å². The lowest BCUT2D eigenvalue weighted by atomic mass is 9.94. The molecule has 0 aliphatic heterocycles. The fraction of sp³-hybridized carbons (Fsp3) is 0. The smallest absolute Gasteiger partial charge is 0.123 e. The number of benzene rings is 4. The first-order valence-electron chi connectivity index (χ1n) is 7.74. The van der Waals surface area contributed by atoms with Gasteiger partial charge >= 0.3 is 0 Å². The first-order valence-corrected chi connectivity index (χ1v) is 7.74. The highest BCUT2D eigenvalue weighted by Crippen LogP contribution is 2.48. The topological polar surface area (TPSA) is 0 Å². The number of rotatable bonds is 1. The van der Waals surface area contributed by atoms with E-state index in [1.807, 2.05) is 6.07 Å². The van der Waals surface area contributed by atoms with E-state index in [1.165, 1.54) is 39.1 Å². The highest BCUT2D eigenvalue weighted by Gasteiger charge is 2.21. The van der Waals surface area contributed by atoms with E-state index in [1.54, 1.807) is 12.1 Å². The monoisotopic (exact) mass is 296 g/mol. The summed E-state index contributed by atoms with van der Waals surface area (Å²) in [6, 6.07) is 26.0. The molecule has 0 atom stereocenters. The Kier molecular flexibility index (Phi) is 2.48. The first-order chi connectivity index (χ1) is 11.3. The molecule has 23 heavy (non-hydrogen) atoms. The molecule has 108 valence electrons. The molecule has 0 fully saturated rings. The zero-order chi connectivity index (χ0) is 15.4. The van der Waals surface area contributed by atoms with E-state index in [0.29, 0.717) is 0 Å². The standard InChI is InChI=1S/C22H13F/c23-15-6-3-5-14(13-15)16-11-12-21-18-8-2-1-7-17(18)20-10-4-9-19(16)22(20)21/h1-13H.